The van der Waals surface area contributed by atoms with Gasteiger partial charge in [-0.3, -0.25) is 9.59 Å². The molecule has 1 amide bonds. The molecule has 2 atom stereocenters. The van der Waals surface area contributed by atoms with Crippen LogP contribution >= 0.6 is 0 Å². The Kier molecular flexibility index (Phi) is 6.59. The molecule has 196 valence electrons. The van der Waals surface area contributed by atoms with E-state index in [1.165, 1.54) is 33.4 Å². The Balaban J connectivity index is 1.33. The zero-order chi connectivity index (χ0) is 26.3. The molecule has 6 rings (SSSR count). The lowest BCUT2D eigenvalue weighted by Crippen LogP contribution is -2.50. The highest BCUT2D eigenvalue weighted by Gasteiger charge is 2.53. The lowest BCUT2D eigenvalue weighted by molar-refractivity contribution is -0.146. The second kappa shape index (κ2) is 10.1. The van der Waals surface area contributed by atoms with Crippen molar-refractivity contribution in [3.8, 4) is 11.1 Å². The summed E-state index contributed by atoms with van der Waals surface area (Å²) in [5.41, 5.74) is 7.84. The number of carbonyl (C=O) groups excluding carboxylic acids is 1. The number of aliphatic carboxylic acids is 1. The summed E-state index contributed by atoms with van der Waals surface area (Å²) in [6, 6.07) is 26.7. The van der Waals surface area contributed by atoms with Gasteiger partial charge in [0.15, 0.2) is 0 Å². The monoisotopic (exact) mass is 507 g/mol. The van der Waals surface area contributed by atoms with Gasteiger partial charge < -0.3 is 10.0 Å². The van der Waals surface area contributed by atoms with E-state index in [2.05, 4.69) is 84.6 Å². The van der Waals surface area contributed by atoms with Crippen molar-refractivity contribution in [2.24, 2.45) is 11.8 Å². The summed E-state index contributed by atoms with van der Waals surface area (Å²) in [6.07, 6.45) is 6.49. The van der Waals surface area contributed by atoms with Gasteiger partial charge in [0.2, 0.25) is 5.91 Å². The molecule has 1 saturated heterocycles. The number of benzene rings is 3. The lowest BCUT2D eigenvalue weighted by atomic mass is 9.63. The summed E-state index contributed by atoms with van der Waals surface area (Å²) in [6.45, 7) is 2.91. The number of aryl methyl sites for hydroxylation is 2. The molecule has 2 unspecified atom stereocenters. The van der Waals surface area contributed by atoms with E-state index in [9.17, 15) is 14.7 Å². The van der Waals surface area contributed by atoms with E-state index in [-0.39, 0.29) is 29.2 Å². The molecule has 1 heterocycles. The van der Waals surface area contributed by atoms with Crippen molar-refractivity contribution in [2.45, 2.75) is 69.7 Å². The van der Waals surface area contributed by atoms with Gasteiger partial charge in [-0.2, -0.15) is 0 Å². The van der Waals surface area contributed by atoms with Crippen LogP contribution in [0, 0.1) is 18.8 Å². The van der Waals surface area contributed by atoms with Crippen LogP contribution in [0.25, 0.3) is 11.1 Å². The zero-order valence-corrected chi connectivity index (χ0v) is 22.2. The molecule has 1 N–H and O–H groups in total. The van der Waals surface area contributed by atoms with Crippen LogP contribution in [0.5, 0.6) is 0 Å². The van der Waals surface area contributed by atoms with Gasteiger partial charge in [-0.15, -0.1) is 0 Å². The molecule has 0 bridgehead atoms. The summed E-state index contributed by atoms with van der Waals surface area (Å²) in [4.78, 5) is 27.6. The first-order valence-corrected chi connectivity index (χ1v) is 14.2. The first-order valence-electron chi connectivity index (χ1n) is 14.2. The van der Waals surface area contributed by atoms with E-state index in [1.54, 1.807) is 0 Å². The van der Waals surface area contributed by atoms with Crippen LogP contribution in [0.15, 0.2) is 72.8 Å². The predicted octanol–water partition coefficient (Wildman–Crippen LogP) is 6.58. The highest BCUT2D eigenvalue weighted by Crippen LogP contribution is 2.50. The maximum atomic E-state index is 13.9. The fourth-order valence-corrected chi connectivity index (χ4v) is 7.53. The SMILES string of the molecule is Cc1ccc(CC23CCN(C(=O)C4CCC(C(=O)O)CC4)C2CCc2cc(-c4ccccc4)ccc23)cc1. The van der Waals surface area contributed by atoms with Crippen LogP contribution in [-0.4, -0.2) is 34.5 Å². The molecule has 0 radical (unpaired) electrons. The molecule has 38 heavy (non-hydrogen) atoms. The van der Waals surface area contributed by atoms with Crippen LogP contribution in [0.1, 0.15) is 60.8 Å². The van der Waals surface area contributed by atoms with Crippen molar-refractivity contribution in [1.82, 2.24) is 4.90 Å². The van der Waals surface area contributed by atoms with Gasteiger partial charge in [0, 0.05) is 23.9 Å². The van der Waals surface area contributed by atoms with Gasteiger partial charge in [-0.05, 0) is 86.1 Å². The number of amides is 1. The Bertz CT molecular complexity index is 1320. The molecule has 0 spiro atoms. The molecule has 2 fully saturated rings. The second-order valence-corrected chi connectivity index (χ2v) is 11.8. The zero-order valence-electron chi connectivity index (χ0n) is 22.2. The summed E-state index contributed by atoms with van der Waals surface area (Å²) >= 11 is 0. The second-order valence-electron chi connectivity index (χ2n) is 11.8. The minimum atomic E-state index is -0.715. The Morgan fingerprint density at radius 1 is 0.868 bits per heavy atom. The molecule has 3 aliphatic rings. The third-order valence-corrected chi connectivity index (χ3v) is 9.60. The average molecular weight is 508 g/mol. The molecule has 0 aromatic heterocycles. The van der Waals surface area contributed by atoms with E-state index >= 15 is 0 Å². The Hall–Kier alpha value is -3.40. The molecule has 1 aliphatic heterocycles. The minimum Gasteiger partial charge on any atom is -0.481 e. The van der Waals surface area contributed by atoms with Crippen LogP contribution in [-0.2, 0) is 27.8 Å². The van der Waals surface area contributed by atoms with E-state index in [4.69, 9.17) is 0 Å². The number of carboxylic acids is 1. The third kappa shape index (κ3) is 4.44. The molecule has 1 saturated carbocycles. The van der Waals surface area contributed by atoms with Crippen molar-refractivity contribution in [1.29, 1.82) is 0 Å². The molecule has 4 heteroatoms. The van der Waals surface area contributed by atoms with Gasteiger partial charge in [-0.25, -0.2) is 0 Å². The first-order chi connectivity index (χ1) is 18.4. The predicted molar refractivity (Wildman–Crippen MR) is 150 cm³/mol. The number of nitrogens with zero attached hydrogens (tertiary/aromatic N) is 1. The fraction of sp³-hybridized carbons (Fsp3) is 0.412. The molecule has 2 aliphatic carbocycles. The van der Waals surface area contributed by atoms with Crippen LogP contribution in [0.4, 0.5) is 0 Å². The first kappa shape index (κ1) is 24.9. The highest BCUT2D eigenvalue weighted by atomic mass is 16.4. The van der Waals surface area contributed by atoms with E-state index in [0.717, 1.165) is 32.2 Å². The number of carbonyl (C=O) groups is 2. The topological polar surface area (TPSA) is 57.6 Å². The summed E-state index contributed by atoms with van der Waals surface area (Å²) in [7, 11) is 0. The number of likely N-dealkylation sites (tertiary alicyclic amines) is 1. The maximum absolute atomic E-state index is 13.9. The molecule has 3 aromatic carbocycles. The third-order valence-electron chi connectivity index (χ3n) is 9.60. The normalized spacial score (nSPS) is 26.4. The van der Waals surface area contributed by atoms with Gasteiger partial charge in [0.05, 0.1) is 5.92 Å². The quantitative estimate of drug-likeness (QED) is 0.424. The number of rotatable bonds is 5. The Labute approximate surface area is 225 Å². The van der Waals surface area contributed by atoms with Crippen LogP contribution in [0.3, 0.4) is 0 Å². The smallest absolute Gasteiger partial charge is 0.306 e. The molecule has 3 aromatic rings. The molecule has 4 nitrogen and oxygen atoms in total. The van der Waals surface area contributed by atoms with E-state index < -0.39 is 5.97 Å². The standard InChI is InChI=1S/C34H37NO3/c1-23-7-9-24(10-8-23)22-34-19-20-35(32(36)26-11-13-27(14-12-26)33(37)38)31(34)18-16-29-21-28(15-17-30(29)34)25-5-3-2-4-6-25/h2-10,15,17,21,26-27,31H,11-14,16,18-20,22H2,1H3,(H,37,38). The van der Waals surface area contributed by atoms with Gasteiger partial charge in [-0.1, -0.05) is 78.4 Å². The fourth-order valence-electron chi connectivity index (χ4n) is 7.53. The van der Waals surface area contributed by atoms with Crippen LogP contribution in [0.2, 0.25) is 0 Å². The van der Waals surface area contributed by atoms with Crippen LogP contribution < -0.4 is 0 Å². The Morgan fingerprint density at radius 3 is 2.29 bits per heavy atom. The minimum absolute atomic E-state index is 0.0392. The molecular weight excluding hydrogens is 470 g/mol. The summed E-state index contributed by atoms with van der Waals surface area (Å²) in [5.74, 6) is -0.789. The number of hydrogen-bond donors (Lipinski definition) is 1. The van der Waals surface area contributed by atoms with Gasteiger partial charge in [0.1, 0.15) is 0 Å². The van der Waals surface area contributed by atoms with E-state index in [1.807, 2.05) is 0 Å². The number of fused-ring (bicyclic) bond motifs is 3. The summed E-state index contributed by atoms with van der Waals surface area (Å²) < 4.78 is 0. The van der Waals surface area contributed by atoms with Gasteiger partial charge in [0.25, 0.3) is 0 Å². The summed E-state index contributed by atoms with van der Waals surface area (Å²) in [5, 5.41) is 9.41. The van der Waals surface area contributed by atoms with Crippen molar-refractivity contribution >= 4 is 11.9 Å². The van der Waals surface area contributed by atoms with Crippen molar-refractivity contribution in [2.75, 3.05) is 6.54 Å². The number of carboxylic acid groups (broad SMARTS) is 1. The van der Waals surface area contributed by atoms with Crippen molar-refractivity contribution < 1.29 is 14.7 Å². The largest absolute Gasteiger partial charge is 0.481 e. The highest BCUT2D eigenvalue weighted by molar-refractivity contribution is 5.81. The van der Waals surface area contributed by atoms with E-state index in [0.29, 0.717) is 25.7 Å². The van der Waals surface area contributed by atoms with Gasteiger partial charge >= 0.3 is 5.97 Å². The Morgan fingerprint density at radius 2 is 1.58 bits per heavy atom. The lowest BCUT2D eigenvalue weighted by Gasteiger charge is -2.44. The van der Waals surface area contributed by atoms with Crippen molar-refractivity contribution in [3.05, 3.63) is 95.1 Å². The average Bonchev–Trinajstić information content (AvgIpc) is 3.33. The maximum Gasteiger partial charge on any atom is 0.306 e. The molecular formula is C34H37NO3. The van der Waals surface area contributed by atoms with Crippen molar-refractivity contribution in [3.63, 3.8) is 0 Å². The number of hydrogen-bond acceptors (Lipinski definition) is 2.